The van der Waals surface area contributed by atoms with E-state index in [0.717, 1.165) is 0 Å². The van der Waals surface area contributed by atoms with Crippen molar-refractivity contribution in [1.82, 2.24) is 26.6 Å². The van der Waals surface area contributed by atoms with Gasteiger partial charge in [-0.15, -0.1) is 0 Å². The molecule has 0 bridgehead atoms. The molecule has 22 heteroatoms. The molecule has 0 rings (SSSR count). The third-order valence-electron chi connectivity index (χ3n) is 7.48. The third-order valence-corrected chi connectivity index (χ3v) is 7.48. The average Bonchev–Trinajstić information content (AvgIpc) is 3.05. The van der Waals surface area contributed by atoms with Gasteiger partial charge in [0.05, 0.1) is 25.3 Å². The molecule has 0 unspecified atom stereocenters. The van der Waals surface area contributed by atoms with Gasteiger partial charge in [-0.25, -0.2) is 4.79 Å². The monoisotopic (exact) mass is 747 g/mol. The lowest BCUT2D eigenvalue weighted by Crippen LogP contribution is -2.59. The fraction of sp³-hybridized carbons (Fsp3) is 0.700. The Balaban J connectivity index is 6.19. The Morgan fingerprint density at radius 1 is 0.404 bits per heavy atom. The van der Waals surface area contributed by atoms with E-state index in [9.17, 15) is 58.5 Å². The number of amides is 5. The molecule has 5 amide bonds. The molecule has 17 N–H and O–H groups in total. The first-order valence-electron chi connectivity index (χ1n) is 16.7. The highest BCUT2D eigenvalue weighted by Gasteiger charge is 2.34. The summed E-state index contributed by atoms with van der Waals surface area (Å²) in [4.78, 5) is 111. The molecule has 0 aliphatic heterocycles. The number of carboxylic acids is 4. The van der Waals surface area contributed by atoms with E-state index in [1.807, 2.05) is 5.32 Å². The van der Waals surface area contributed by atoms with E-state index in [-0.39, 0.29) is 45.2 Å². The van der Waals surface area contributed by atoms with Crippen LogP contribution in [0.5, 0.6) is 0 Å². The number of hydrogen-bond donors (Lipinski definition) is 13. The quantitative estimate of drug-likeness (QED) is 0.0321. The topological polar surface area (TPSA) is 399 Å². The van der Waals surface area contributed by atoms with Gasteiger partial charge >= 0.3 is 23.9 Å². The van der Waals surface area contributed by atoms with Crippen LogP contribution in [0, 0.1) is 0 Å². The summed E-state index contributed by atoms with van der Waals surface area (Å²) < 4.78 is 0. The standard InChI is InChI=1S/C30H53N9O13/c31-10-4-1-7-16(34)25(46)37-19(13-22(40)41)28(49)35-17(8-2-5-11-32)26(47)38-20(14-23(42)43)29(50)36-18(9-3-6-12-33)27(48)39-21(30(51)52)15-24(44)45/h16-21H,1-15,31-34H2,(H,35,49)(H,36,50)(H,37,46)(H,38,47)(H,39,48)(H,40,41)(H,42,43)(H,44,45)(H,51,52)/t16-,17-,18-,19-,20-,21-/m0/s1. The van der Waals surface area contributed by atoms with Crippen molar-refractivity contribution in [3.63, 3.8) is 0 Å². The summed E-state index contributed by atoms with van der Waals surface area (Å²) in [6, 6.07) is -9.51. The van der Waals surface area contributed by atoms with Crippen molar-refractivity contribution >= 4 is 53.4 Å². The van der Waals surface area contributed by atoms with E-state index in [1.165, 1.54) is 0 Å². The van der Waals surface area contributed by atoms with E-state index in [2.05, 4.69) is 21.3 Å². The van der Waals surface area contributed by atoms with E-state index >= 15 is 0 Å². The summed E-state index contributed by atoms with van der Waals surface area (Å²) in [6.07, 6.45) is -0.711. The van der Waals surface area contributed by atoms with Gasteiger partial charge in [-0.3, -0.25) is 38.4 Å². The Hall–Kier alpha value is -4.93. The van der Waals surface area contributed by atoms with Gasteiger partial charge in [-0.2, -0.15) is 0 Å². The number of rotatable bonds is 29. The highest BCUT2D eigenvalue weighted by Crippen LogP contribution is 2.08. The third kappa shape index (κ3) is 20.1. The van der Waals surface area contributed by atoms with Gasteiger partial charge in [-0.05, 0) is 71.0 Å². The number of aliphatic carboxylic acids is 4. The Bertz CT molecular complexity index is 1240. The molecule has 6 atom stereocenters. The second kappa shape index (κ2) is 25.9. The van der Waals surface area contributed by atoms with E-state index in [1.54, 1.807) is 0 Å². The Morgan fingerprint density at radius 2 is 0.692 bits per heavy atom. The van der Waals surface area contributed by atoms with Crippen molar-refractivity contribution < 1.29 is 63.6 Å². The number of carbonyl (C=O) groups is 9. The summed E-state index contributed by atoms with van der Waals surface area (Å²) in [5.74, 6) is -11.5. The molecule has 0 spiro atoms. The van der Waals surface area contributed by atoms with Gasteiger partial charge in [0.1, 0.15) is 30.2 Å². The van der Waals surface area contributed by atoms with Crippen LogP contribution in [0.4, 0.5) is 0 Å². The molecule has 0 aromatic carbocycles. The maximum absolute atomic E-state index is 13.5. The van der Waals surface area contributed by atoms with Crippen molar-refractivity contribution in [2.75, 3.05) is 19.6 Å². The normalized spacial score (nSPS) is 14.3. The summed E-state index contributed by atoms with van der Waals surface area (Å²) in [6.45, 7) is 0.731. The molecule has 0 aliphatic rings. The number of carbonyl (C=O) groups excluding carboxylic acids is 5. The van der Waals surface area contributed by atoms with Crippen molar-refractivity contribution in [1.29, 1.82) is 0 Å². The Kier molecular flexibility index (Phi) is 23.5. The van der Waals surface area contributed by atoms with Gasteiger partial charge in [0.15, 0.2) is 0 Å². The molecular formula is C30H53N9O13. The van der Waals surface area contributed by atoms with Crippen molar-refractivity contribution in [2.24, 2.45) is 22.9 Å². The lowest BCUT2D eigenvalue weighted by molar-refractivity contribution is -0.147. The number of unbranched alkanes of at least 4 members (excludes halogenated alkanes) is 3. The number of carboxylic acid groups (broad SMARTS) is 4. The van der Waals surface area contributed by atoms with Crippen LogP contribution in [0.3, 0.4) is 0 Å². The molecule has 0 saturated heterocycles. The molecule has 0 aromatic heterocycles. The molecule has 0 saturated carbocycles. The second-order valence-corrected chi connectivity index (χ2v) is 11.9. The lowest BCUT2D eigenvalue weighted by Gasteiger charge is -2.26. The second-order valence-electron chi connectivity index (χ2n) is 11.9. The fourth-order valence-corrected chi connectivity index (χ4v) is 4.67. The van der Waals surface area contributed by atoms with Crippen LogP contribution in [0.1, 0.15) is 77.0 Å². The molecule has 0 heterocycles. The first kappa shape index (κ1) is 47.1. The molecule has 0 fully saturated rings. The number of hydrogen-bond acceptors (Lipinski definition) is 13. The first-order valence-corrected chi connectivity index (χ1v) is 16.7. The predicted molar refractivity (Wildman–Crippen MR) is 181 cm³/mol. The van der Waals surface area contributed by atoms with Crippen LogP contribution in [0.15, 0.2) is 0 Å². The van der Waals surface area contributed by atoms with Gasteiger partial charge in [0.25, 0.3) is 0 Å². The smallest absolute Gasteiger partial charge is 0.326 e. The zero-order valence-corrected chi connectivity index (χ0v) is 28.8. The highest BCUT2D eigenvalue weighted by molar-refractivity contribution is 5.98. The molecule has 52 heavy (non-hydrogen) atoms. The van der Waals surface area contributed by atoms with E-state index in [4.69, 9.17) is 28.0 Å². The zero-order valence-electron chi connectivity index (χ0n) is 28.8. The molecule has 22 nitrogen and oxygen atoms in total. The minimum Gasteiger partial charge on any atom is -0.481 e. The summed E-state index contributed by atoms with van der Waals surface area (Å²) >= 11 is 0. The van der Waals surface area contributed by atoms with Crippen LogP contribution in [0.25, 0.3) is 0 Å². The van der Waals surface area contributed by atoms with E-state index in [0.29, 0.717) is 32.2 Å². The fourth-order valence-electron chi connectivity index (χ4n) is 4.67. The summed E-state index contributed by atoms with van der Waals surface area (Å²) in [5.41, 5.74) is 22.3. The van der Waals surface area contributed by atoms with Gasteiger partial charge in [0.2, 0.25) is 29.5 Å². The minimum absolute atomic E-state index is 0.118. The molecule has 0 aliphatic carbocycles. The maximum Gasteiger partial charge on any atom is 0.326 e. The lowest BCUT2D eigenvalue weighted by atomic mass is 10.0. The van der Waals surface area contributed by atoms with Crippen LogP contribution in [-0.2, 0) is 43.2 Å². The van der Waals surface area contributed by atoms with Crippen molar-refractivity contribution in [3.05, 3.63) is 0 Å². The van der Waals surface area contributed by atoms with Crippen molar-refractivity contribution in [2.45, 2.75) is 113 Å². The largest absolute Gasteiger partial charge is 0.481 e. The van der Waals surface area contributed by atoms with E-state index < -0.39 is 109 Å². The molecule has 0 aromatic rings. The maximum atomic E-state index is 13.5. The summed E-state index contributed by atoms with van der Waals surface area (Å²) in [5, 5.41) is 48.3. The van der Waals surface area contributed by atoms with Gasteiger partial charge < -0.3 is 69.9 Å². The highest BCUT2D eigenvalue weighted by atomic mass is 16.4. The zero-order chi connectivity index (χ0) is 39.8. The first-order chi connectivity index (χ1) is 24.5. The van der Waals surface area contributed by atoms with Crippen LogP contribution >= 0.6 is 0 Å². The van der Waals surface area contributed by atoms with Crippen molar-refractivity contribution in [3.8, 4) is 0 Å². The number of nitrogens with one attached hydrogen (secondary N) is 5. The average molecular weight is 748 g/mol. The Labute approximate surface area is 299 Å². The van der Waals surface area contributed by atoms with Crippen LogP contribution in [0.2, 0.25) is 0 Å². The predicted octanol–water partition coefficient (Wildman–Crippen LogP) is -4.37. The Morgan fingerprint density at radius 3 is 1.04 bits per heavy atom. The minimum atomic E-state index is -1.87. The van der Waals surface area contributed by atoms with Crippen LogP contribution < -0.4 is 49.5 Å². The van der Waals surface area contributed by atoms with Gasteiger partial charge in [-0.1, -0.05) is 6.42 Å². The van der Waals surface area contributed by atoms with Crippen LogP contribution in [-0.4, -0.2) is 130 Å². The summed E-state index contributed by atoms with van der Waals surface area (Å²) in [7, 11) is 0. The molecule has 296 valence electrons. The molecule has 0 radical (unpaired) electrons. The number of nitrogens with two attached hydrogens (primary N) is 4. The molecular weight excluding hydrogens is 694 g/mol. The van der Waals surface area contributed by atoms with Gasteiger partial charge in [0, 0.05) is 0 Å². The SMILES string of the molecule is NCCCC[C@H](NC(=O)[C@H](CC(=O)O)NC(=O)[C@H](CCCCN)NC(=O)[C@H](CC(=O)O)NC(=O)[C@@H](N)CCCCN)C(=O)N[C@@H](CC(=O)O)C(=O)O.